The maximum atomic E-state index is 10.1. The third-order valence-corrected chi connectivity index (χ3v) is 1.13. The van der Waals surface area contributed by atoms with Crippen molar-refractivity contribution in [2.45, 2.75) is 0 Å². The van der Waals surface area contributed by atoms with E-state index in [0.29, 0.717) is 0 Å². The Morgan fingerprint density at radius 2 is 1.36 bits per heavy atom. The van der Waals surface area contributed by atoms with Crippen LogP contribution in [0.1, 0.15) is 0 Å². The molecule has 0 atom stereocenters. The Balaban J connectivity index is -0.000000605. The van der Waals surface area contributed by atoms with Crippen LogP contribution in [0.15, 0.2) is 0 Å². The average Bonchev–Trinajstić information content (AvgIpc) is 1.84. The molecule has 8 heteroatoms. The number of carbonyl (C=O) groups is 2. The first-order chi connectivity index (χ1) is 5.56. The predicted molar refractivity (Wildman–Crippen MR) is 53.1 cm³/mol. The molecule has 0 aliphatic rings. The van der Waals surface area contributed by atoms with E-state index in [4.69, 9.17) is 15.3 Å². The second-order valence-corrected chi connectivity index (χ2v) is 2.22. The molecule has 0 aromatic heterocycles. The molecule has 0 saturated carbocycles. The summed E-state index contributed by atoms with van der Waals surface area (Å²) in [6, 6.07) is 0. The quantitative estimate of drug-likeness (QED) is 0.443. The SMILES string of the molecule is O=C(O)CN(CCO)CC(=O)O.[KH].[KH]. The van der Waals surface area contributed by atoms with Crippen LogP contribution in [0, 0.1) is 0 Å². The normalized spacial score (nSPS) is 8.71. The van der Waals surface area contributed by atoms with E-state index in [1.807, 2.05) is 0 Å². The molecule has 6 nitrogen and oxygen atoms in total. The molecule has 74 valence electrons. The van der Waals surface area contributed by atoms with Crippen LogP contribution in [0.2, 0.25) is 0 Å². The zero-order valence-electron chi connectivity index (χ0n) is 6.43. The summed E-state index contributed by atoms with van der Waals surface area (Å²) in [6.45, 7) is -0.932. The molecule has 0 aromatic carbocycles. The van der Waals surface area contributed by atoms with Gasteiger partial charge in [0.1, 0.15) is 0 Å². The maximum absolute atomic E-state index is 10.1. The Morgan fingerprint density at radius 1 is 1.00 bits per heavy atom. The van der Waals surface area contributed by atoms with E-state index in [1.165, 1.54) is 0 Å². The van der Waals surface area contributed by atoms with Crippen LogP contribution in [0.4, 0.5) is 0 Å². The van der Waals surface area contributed by atoms with Gasteiger partial charge in [-0.3, -0.25) is 14.5 Å². The third kappa shape index (κ3) is 14.1. The van der Waals surface area contributed by atoms with Crippen molar-refractivity contribution in [3.8, 4) is 0 Å². The molecule has 3 N–H and O–H groups in total. The molecule has 0 amide bonds. The Bertz CT molecular complexity index is 162. The van der Waals surface area contributed by atoms with E-state index in [1.54, 1.807) is 0 Å². The van der Waals surface area contributed by atoms with Gasteiger partial charge in [-0.25, -0.2) is 0 Å². The number of rotatable bonds is 6. The first kappa shape index (κ1) is 21.4. The molecule has 0 saturated heterocycles. The summed E-state index contributed by atoms with van der Waals surface area (Å²) in [6.07, 6.45) is 0. The monoisotopic (exact) mass is 257 g/mol. The minimum absolute atomic E-state index is 0. The number of hydrogen-bond acceptors (Lipinski definition) is 4. The Morgan fingerprint density at radius 3 is 1.57 bits per heavy atom. The Labute approximate surface area is 167 Å². The molecule has 0 fully saturated rings. The van der Waals surface area contributed by atoms with Gasteiger partial charge >= 0.3 is 115 Å². The van der Waals surface area contributed by atoms with Crippen molar-refractivity contribution in [1.29, 1.82) is 0 Å². The van der Waals surface area contributed by atoms with E-state index in [9.17, 15) is 9.59 Å². The van der Waals surface area contributed by atoms with Crippen molar-refractivity contribution in [2.75, 3.05) is 26.2 Å². The standard InChI is InChI=1S/C6H11NO5.2K.2H/c8-2-1-7(3-5(9)10)4-6(11)12;;;;/h8H,1-4H2,(H,9,10)(H,11,12);;;;. The number of carboxylic acids is 2. The number of aliphatic carboxylic acids is 2. The van der Waals surface area contributed by atoms with Crippen molar-refractivity contribution in [3.63, 3.8) is 0 Å². The first-order valence-electron chi connectivity index (χ1n) is 3.33. The molecule has 0 bridgehead atoms. The summed E-state index contributed by atoms with van der Waals surface area (Å²) in [7, 11) is 0. The number of nitrogens with zero attached hydrogens (tertiary/aromatic N) is 1. The van der Waals surface area contributed by atoms with Crippen molar-refractivity contribution >= 4 is 115 Å². The van der Waals surface area contributed by atoms with Crippen molar-refractivity contribution < 1.29 is 24.9 Å². The van der Waals surface area contributed by atoms with Crippen LogP contribution in [0.3, 0.4) is 0 Å². The zero-order valence-corrected chi connectivity index (χ0v) is 6.43. The minimum atomic E-state index is -1.11. The topological polar surface area (TPSA) is 98.1 Å². The van der Waals surface area contributed by atoms with Gasteiger partial charge in [0, 0.05) is 6.54 Å². The van der Waals surface area contributed by atoms with E-state index >= 15 is 0 Å². The van der Waals surface area contributed by atoms with Gasteiger partial charge < -0.3 is 15.3 Å². The number of aliphatic hydroxyl groups excluding tert-OH is 1. The van der Waals surface area contributed by atoms with Gasteiger partial charge in [-0.05, 0) is 0 Å². The van der Waals surface area contributed by atoms with Gasteiger partial charge in [0.15, 0.2) is 0 Å². The Kier molecular flexibility index (Phi) is 20.2. The van der Waals surface area contributed by atoms with Crippen LogP contribution in [0.25, 0.3) is 0 Å². The van der Waals surface area contributed by atoms with Gasteiger partial charge in [-0.1, -0.05) is 0 Å². The van der Waals surface area contributed by atoms with Crippen molar-refractivity contribution in [2.24, 2.45) is 0 Å². The summed E-state index contributed by atoms with van der Waals surface area (Å²) < 4.78 is 0. The number of aliphatic hydroxyl groups is 1. The average molecular weight is 257 g/mol. The van der Waals surface area contributed by atoms with Crippen LogP contribution in [-0.2, 0) is 9.59 Å². The molecular weight excluding hydrogens is 244 g/mol. The summed E-state index contributed by atoms with van der Waals surface area (Å²) in [5.41, 5.74) is 0. The second-order valence-electron chi connectivity index (χ2n) is 2.22. The molecule has 0 heterocycles. The Hall–Kier alpha value is 2.13. The van der Waals surface area contributed by atoms with E-state index in [0.717, 1.165) is 4.90 Å². The first-order valence-corrected chi connectivity index (χ1v) is 3.33. The number of carboxylic acid groups (broad SMARTS) is 2. The molecule has 0 aliphatic carbocycles. The molecule has 14 heavy (non-hydrogen) atoms. The van der Waals surface area contributed by atoms with Crippen molar-refractivity contribution in [1.82, 2.24) is 4.90 Å². The van der Waals surface area contributed by atoms with Crippen LogP contribution >= 0.6 is 0 Å². The molecular formula is C6H13K2NO5. The third-order valence-electron chi connectivity index (χ3n) is 1.13. The molecule has 0 spiro atoms. The number of hydrogen-bond donors (Lipinski definition) is 3. The summed E-state index contributed by atoms with van der Waals surface area (Å²) >= 11 is 0. The summed E-state index contributed by atoms with van der Waals surface area (Å²) in [5, 5.41) is 25.0. The molecule has 0 rings (SSSR count). The molecule has 0 radical (unpaired) electrons. The van der Waals surface area contributed by atoms with Gasteiger partial charge in [0.2, 0.25) is 0 Å². The van der Waals surface area contributed by atoms with Gasteiger partial charge in [-0.15, -0.1) is 0 Å². The van der Waals surface area contributed by atoms with E-state index < -0.39 is 11.9 Å². The fraction of sp³-hybridized carbons (Fsp3) is 0.667. The fourth-order valence-corrected chi connectivity index (χ4v) is 0.738. The predicted octanol–water partition coefficient (Wildman–Crippen LogP) is -2.85. The van der Waals surface area contributed by atoms with E-state index in [-0.39, 0.29) is 129 Å². The van der Waals surface area contributed by atoms with Crippen molar-refractivity contribution in [3.05, 3.63) is 0 Å². The van der Waals surface area contributed by atoms with E-state index in [2.05, 4.69) is 0 Å². The summed E-state index contributed by atoms with van der Waals surface area (Å²) in [5.74, 6) is -2.21. The van der Waals surface area contributed by atoms with Gasteiger partial charge in [0.05, 0.1) is 19.7 Å². The van der Waals surface area contributed by atoms with Gasteiger partial charge in [0.25, 0.3) is 0 Å². The molecule has 0 aromatic rings. The summed E-state index contributed by atoms with van der Waals surface area (Å²) in [4.78, 5) is 21.4. The zero-order chi connectivity index (χ0) is 9.56. The van der Waals surface area contributed by atoms with Crippen LogP contribution < -0.4 is 0 Å². The van der Waals surface area contributed by atoms with Crippen LogP contribution in [-0.4, -0.2) is 161 Å². The van der Waals surface area contributed by atoms with Gasteiger partial charge in [-0.2, -0.15) is 0 Å². The molecule has 0 aliphatic heterocycles. The van der Waals surface area contributed by atoms with Crippen LogP contribution in [0.5, 0.6) is 0 Å². The molecule has 0 unspecified atom stereocenters. The fourth-order valence-electron chi connectivity index (χ4n) is 0.738. The second kappa shape index (κ2) is 13.2.